The lowest BCUT2D eigenvalue weighted by molar-refractivity contribution is -0.137. The van der Waals surface area contributed by atoms with Crippen LogP contribution in [0.1, 0.15) is 10.4 Å². The number of benzene rings is 1. The molecule has 0 radical (unpaired) electrons. The summed E-state index contributed by atoms with van der Waals surface area (Å²) in [5.41, 5.74) is 11.5. The molecule has 1 aliphatic rings. The Kier molecular flexibility index (Phi) is 4.41. The topological polar surface area (TPSA) is 108 Å². The van der Waals surface area contributed by atoms with E-state index in [1.165, 1.54) is 12.1 Å². The Bertz CT molecular complexity index is 512. The number of nitrogens with zero attached hydrogens (tertiary/aromatic N) is 1. The zero-order valence-corrected chi connectivity index (χ0v) is 11.0. The summed E-state index contributed by atoms with van der Waals surface area (Å²) in [5, 5.41) is 0. The van der Waals surface area contributed by atoms with Crippen LogP contribution in [0, 0.1) is 0 Å². The summed E-state index contributed by atoms with van der Waals surface area (Å²) in [5.74, 6) is -0.566. The van der Waals surface area contributed by atoms with Gasteiger partial charge in [-0.2, -0.15) is 0 Å². The molecule has 1 saturated heterocycles. The molecule has 20 heavy (non-hydrogen) atoms. The lowest BCUT2D eigenvalue weighted by Gasteiger charge is -2.26. The van der Waals surface area contributed by atoms with Crippen LogP contribution in [-0.4, -0.2) is 49.6 Å². The highest BCUT2D eigenvalue weighted by molar-refractivity contribution is 5.96. The summed E-state index contributed by atoms with van der Waals surface area (Å²) in [4.78, 5) is 24.9. The van der Waals surface area contributed by atoms with Crippen molar-refractivity contribution < 1.29 is 19.1 Å². The van der Waals surface area contributed by atoms with Crippen molar-refractivity contribution in [1.29, 1.82) is 0 Å². The van der Waals surface area contributed by atoms with Gasteiger partial charge in [-0.15, -0.1) is 0 Å². The standard InChI is InChI=1S/C13H17N3O4/c14-9-1-2-10(13(15)18)11(7-9)20-8-12(17)16-3-5-19-6-4-16/h1-2,7H,3-6,8,14H2,(H2,15,18). The van der Waals surface area contributed by atoms with E-state index in [1.54, 1.807) is 11.0 Å². The number of primary amides is 1. The molecule has 7 heteroatoms. The first-order chi connectivity index (χ1) is 9.58. The number of carbonyl (C=O) groups excluding carboxylic acids is 2. The minimum Gasteiger partial charge on any atom is -0.483 e. The molecule has 1 aliphatic heterocycles. The molecular weight excluding hydrogens is 262 g/mol. The number of hydrogen-bond acceptors (Lipinski definition) is 5. The third-order valence-corrected chi connectivity index (χ3v) is 2.99. The third-order valence-electron chi connectivity index (χ3n) is 2.99. The highest BCUT2D eigenvalue weighted by Gasteiger charge is 2.18. The van der Waals surface area contributed by atoms with Crippen molar-refractivity contribution >= 4 is 17.5 Å². The summed E-state index contributed by atoms with van der Waals surface area (Å²) in [6, 6.07) is 4.51. The highest BCUT2D eigenvalue weighted by atomic mass is 16.5. The summed E-state index contributed by atoms with van der Waals surface area (Å²) < 4.78 is 10.5. The molecule has 2 rings (SSSR count). The van der Waals surface area contributed by atoms with Crippen LogP contribution in [0.25, 0.3) is 0 Å². The van der Waals surface area contributed by atoms with Gasteiger partial charge in [-0.05, 0) is 12.1 Å². The van der Waals surface area contributed by atoms with Crippen molar-refractivity contribution in [2.45, 2.75) is 0 Å². The predicted octanol–water partition coefficient (Wildman–Crippen LogP) is -0.395. The quantitative estimate of drug-likeness (QED) is 0.729. The summed E-state index contributed by atoms with van der Waals surface area (Å²) in [6.07, 6.45) is 0. The Hall–Kier alpha value is -2.28. The molecule has 1 heterocycles. The van der Waals surface area contributed by atoms with Crippen molar-refractivity contribution in [3.63, 3.8) is 0 Å². The zero-order chi connectivity index (χ0) is 14.5. The van der Waals surface area contributed by atoms with Gasteiger partial charge >= 0.3 is 0 Å². The van der Waals surface area contributed by atoms with Crippen molar-refractivity contribution in [2.24, 2.45) is 5.73 Å². The van der Waals surface area contributed by atoms with Crippen LogP contribution in [0.2, 0.25) is 0 Å². The molecule has 4 N–H and O–H groups in total. The van der Waals surface area contributed by atoms with E-state index in [1.807, 2.05) is 0 Å². The number of amides is 2. The lowest BCUT2D eigenvalue weighted by atomic mass is 10.1. The first-order valence-corrected chi connectivity index (χ1v) is 6.25. The molecule has 1 fully saturated rings. The second-order valence-corrected chi connectivity index (χ2v) is 4.40. The Morgan fingerprint density at radius 2 is 2.00 bits per heavy atom. The largest absolute Gasteiger partial charge is 0.483 e. The number of hydrogen-bond donors (Lipinski definition) is 2. The van der Waals surface area contributed by atoms with E-state index in [4.69, 9.17) is 20.9 Å². The molecule has 1 aromatic carbocycles. The molecule has 0 aromatic heterocycles. The Labute approximate surface area is 116 Å². The van der Waals surface area contributed by atoms with E-state index >= 15 is 0 Å². The Morgan fingerprint density at radius 3 is 2.65 bits per heavy atom. The zero-order valence-electron chi connectivity index (χ0n) is 11.0. The molecule has 108 valence electrons. The molecule has 2 amide bonds. The number of nitrogens with two attached hydrogens (primary N) is 2. The maximum absolute atomic E-state index is 11.9. The van der Waals surface area contributed by atoms with Crippen LogP contribution in [0.4, 0.5) is 5.69 Å². The van der Waals surface area contributed by atoms with Crippen LogP contribution in [0.5, 0.6) is 5.75 Å². The van der Waals surface area contributed by atoms with E-state index in [9.17, 15) is 9.59 Å². The predicted molar refractivity (Wildman–Crippen MR) is 72.3 cm³/mol. The van der Waals surface area contributed by atoms with Crippen LogP contribution in [0.15, 0.2) is 18.2 Å². The molecule has 0 bridgehead atoms. The maximum atomic E-state index is 11.9. The fourth-order valence-corrected chi connectivity index (χ4v) is 1.91. The number of rotatable bonds is 4. The average molecular weight is 279 g/mol. The molecule has 0 atom stereocenters. The van der Waals surface area contributed by atoms with Gasteiger partial charge < -0.3 is 25.8 Å². The fourth-order valence-electron chi connectivity index (χ4n) is 1.91. The van der Waals surface area contributed by atoms with Crippen molar-refractivity contribution in [2.75, 3.05) is 38.6 Å². The monoisotopic (exact) mass is 279 g/mol. The van der Waals surface area contributed by atoms with E-state index < -0.39 is 5.91 Å². The third kappa shape index (κ3) is 3.39. The molecule has 0 spiro atoms. The SMILES string of the molecule is NC(=O)c1ccc(N)cc1OCC(=O)N1CCOCC1. The molecule has 7 nitrogen and oxygen atoms in total. The first kappa shape index (κ1) is 14.1. The van der Waals surface area contributed by atoms with Gasteiger partial charge in [0, 0.05) is 24.8 Å². The van der Waals surface area contributed by atoms with Crippen molar-refractivity contribution in [3.8, 4) is 5.75 Å². The van der Waals surface area contributed by atoms with Crippen LogP contribution in [-0.2, 0) is 9.53 Å². The number of ether oxygens (including phenoxy) is 2. The van der Waals surface area contributed by atoms with Crippen molar-refractivity contribution in [1.82, 2.24) is 4.90 Å². The fraction of sp³-hybridized carbons (Fsp3) is 0.385. The van der Waals surface area contributed by atoms with Gasteiger partial charge in [-0.25, -0.2) is 0 Å². The number of morpholine rings is 1. The van der Waals surface area contributed by atoms with Crippen LogP contribution in [0.3, 0.4) is 0 Å². The van der Waals surface area contributed by atoms with Gasteiger partial charge in [0.25, 0.3) is 11.8 Å². The van der Waals surface area contributed by atoms with Crippen LogP contribution < -0.4 is 16.2 Å². The second kappa shape index (κ2) is 6.25. The average Bonchev–Trinajstić information content (AvgIpc) is 2.45. The number of anilines is 1. The van der Waals surface area contributed by atoms with Gasteiger partial charge in [0.05, 0.1) is 18.8 Å². The molecule has 0 unspecified atom stereocenters. The summed E-state index contributed by atoms with van der Waals surface area (Å²) >= 11 is 0. The van der Waals surface area contributed by atoms with Gasteiger partial charge in [0.1, 0.15) is 5.75 Å². The van der Waals surface area contributed by atoms with Crippen molar-refractivity contribution in [3.05, 3.63) is 23.8 Å². The minimum atomic E-state index is -0.626. The minimum absolute atomic E-state index is 0.161. The van der Waals surface area contributed by atoms with E-state index in [0.29, 0.717) is 32.0 Å². The highest BCUT2D eigenvalue weighted by Crippen LogP contribution is 2.21. The first-order valence-electron chi connectivity index (χ1n) is 6.25. The second-order valence-electron chi connectivity index (χ2n) is 4.40. The molecular formula is C13H17N3O4. The van der Waals surface area contributed by atoms with Gasteiger partial charge in [0.2, 0.25) is 0 Å². The van der Waals surface area contributed by atoms with E-state index in [0.717, 1.165) is 0 Å². The molecule has 0 aliphatic carbocycles. The van der Waals surface area contributed by atoms with Crippen LogP contribution >= 0.6 is 0 Å². The molecule has 0 saturated carbocycles. The smallest absolute Gasteiger partial charge is 0.260 e. The Balaban J connectivity index is 2.01. The van der Waals surface area contributed by atoms with E-state index in [2.05, 4.69) is 0 Å². The number of carbonyl (C=O) groups is 2. The number of nitrogen functional groups attached to an aromatic ring is 1. The Morgan fingerprint density at radius 1 is 1.30 bits per heavy atom. The lowest BCUT2D eigenvalue weighted by Crippen LogP contribution is -2.43. The normalized spacial score (nSPS) is 14.9. The molecule has 1 aromatic rings. The maximum Gasteiger partial charge on any atom is 0.260 e. The van der Waals surface area contributed by atoms with Gasteiger partial charge in [-0.1, -0.05) is 0 Å². The summed E-state index contributed by atoms with van der Waals surface area (Å²) in [6.45, 7) is 1.97. The van der Waals surface area contributed by atoms with Gasteiger partial charge in [0.15, 0.2) is 6.61 Å². The van der Waals surface area contributed by atoms with E-state index in [-0.39, 0.29) is 23.8 Å². The van der Waals surface area contributed by atoms with Gasteiger partial charge in [-0.3, -0.25) is 9.59 Å². The summed E-state index contributed by atoms with van der Waals surface area (Å²) in [7, 11) is 0.